The maximum absolute atomic E-state index is 10.8. The van der Waals surface area contributed by atoms with Crippen molar-refractivity contribution in [1.29, 1.82) is 0 Å². The molecule has 1 N–H and O–H groups in total. The number of methoxy groups -OCH3 is 1. The molecule has 4 heteroatoms. The number of nitrogens with zero attached hydrogens (tertiary/aromatic N) is 1. The number of carboxylic acid groups (broad SMARTS) is 1. The van der Waals surface area contributed by atoms with Gasteiger partial charge in [-0.15, -0.1) is 0 Å². The smallest absolute Gasteiger partial charge is 0.317 e. The zero-order valence-corrected chi connectivity index (χ0v) is 11.3. The molecular weight excluding hydrogens is 206 g/mol. The molecule has 0 aromatic rings. The zero-order chi connectivity index (χ0) is 13.0. The van der Waals surface area contributed by atoms with Crippen LogP contribution in [0.3, 0.4) is 0 Å². The van der Waals surface area contributed by atoms with Crippen LogP contribution >= 0.6 is 0 Å². The summed E-state index contributed by atoms with van der Waals surface area (Å²) in [6.45, 7) is 10.9. The molecule has 4 nitrogen and oxygen atoms in total. The van der Waals surface area contributed by atoms with E-state index in [4.69, 9.17) is 9.84 Å². The molecule has 0 aliphatic heterocycles. The van der Waals surface area contributed by atoms with Gasteiger partial charge in [-0.1, -0.05) is 0 Å². The van der Waals surface area contributed by atoms with E-state index < -0.39 is 5.97 Å². The highest BCUT2D eigenvalue weighted by molar-refractivity contribution is 5.69. The number of aliphatic carboxylic acids is 1. The second kappa shape index (κ2) is 5.64. The molecule has 0 unspecified atom stereocenters. The number of hydrogen-bond donors (Lipinski definition) is 1. The van der Waals surface area contributed by atoms with Crippen molar-refractivity contribution in [3.8, 4) is 0 Å². The Balaban J connectivity index is 4.40. The molecule has 0 bridgehead atoms. The first kappa shape index (κ1) is 15.4. The molecule has 0 fully saturated rings. The van der Waals surface area contributed by atoms with Crippen molar-refractivity contribution in [2.75, 3.05) is 20.2 Å². The maximum atomic E-state index is 10.8. The van der Waals surface area contributed by atoms with Crippen LogP contribution in [0.5, 0.6) is 0 Å². The van der Waals surface area contributed by atoms with E-state index in [0.29, 0.717) is 0 Å². The summed E-state index contributed by atoms with van der Waals surface area (Å²) in [5, 5.41) is 8.86. The number of hydrogen-bond acceptors (Lipinski definition) is 3. The van der Waals surface area contributed by atoms with E-state index in [1.54, 1.807) is 7.11 Å². The lowest BCUT2D eigenvalue weighted by Gasteiger charge is -2.36. The highest BCUT2D eigenvalue weighted by Crippen LogP contribution is 2.18. The van der Waals surface area contributed by atoms with Crippen molar-refractivity contribution in [3.05, 3.63) is 0 Å². The fourth-order valence-electron chi connectivity index (χ4n) is 1.32. The maximum Gasteiger partial charge on any atom is 0.317 e. The molecule has 96 valence electrons. The lowest BCUT2D eigenvalue weighted by atomic mass is 10.0. The third-order valence-electron chi connectivity index (χ3n) is 2.81. The normalized spacial score (nSPS) is 13.2. The standard InChI is InChI=1S/C12H25NO3/c1-11(2,3)13(9-10(14)15)8-7-12(4,5)16-6/h7-9H2,1-6H3,(H,14,15). The molecule has 0 amide bonds. The first-order valence-electron chi connectivity index (χ1n) is 5.60. The van der Waals surface area contributed by atoms with Crippen LogP contribution in [0.25, 0.3) is 0 Å². The summed E-state index contributed by atoms with van der Waals surface area (Å²) in [6, 6.07) is 0. The number of carboxylic acids is 1. The van der Waals surface area contributed by atoms with Crippen LogP contribution in [0, 0.1) is 0 Å². The minimum atomic E-state index is -0.787. The lowest BCUT2D eigenvalue weighted by Crippen LogP contribution is -2.46. The Morgan fingerprint density at radius 3 is 2.06 bits per heavy atom. The average Bonchev–Trinajstić information content (AvgIpc) is 2.10. The molecule has 0 saturated heterocycles. The number of rotatable bonds is 6. The molecule has 0 aromatic carbocycles. The summed E-state index contributed by atoms with van der Waals surface area (Å²) in [4.78, 5) is 12.7. The van der Waals surface area contributed by atoms with Crippen LogP contribution in [-0.2, 0) is 9.53 Å². The quantitative estimate of drug-likeness (QED) is 0.759. The highest BCUT2D eigenvalue weighted by Gasteiger charge is 2.26. The molecule has 0 aromatic heterocycles. The van der Waals surface area contributed by atoms with Gasteiger partial charge in [0.25, 0.3) is 0 Å². The van der Waals surface area contributed by atoms with Gasteiger partial charge in [0.1, 0.15) is 0 Å². The largest absolute Gasteiger partial charge is 0.480 e. The summed E-state index contributed by atoms with van der Waals surface area (Å²) in [5.41, 5.74) is -0.343. The predicted octanol–water partition coefficient (Wildman–Crippen LogP) is 1.99. The van der Waals surface area contributed by atoms with E-state index in [2.05, 4.69) is 0 Å². The summed E-state index contributed by atoms with van der Waals surface area (Å²) >= 11 is 0. The Labute approximate surface area is 98.6 Å². The third kappa shape index (κ3) is 6.08. The fourth-order valence-corrected chi connectivity index (χ4v) is 1.32. The zero-order valence-electron chi connectivity index (χ0n) is 11.3. The van der Waals surface area contributed by atoms with Crippen molar-refractivity contribution >= 4 is 5.97 Å². The fraction of sp³-hybridized carbons (Fsp3) is 0.917. The van der Waals surface area contributed by atoms with Gasteiger partial charge in [0.2, 0.25) is 0 Å². The van der Waals surface area contributed by atoms with E-state index >= 15 is 0 Å². The summed E-state index contributed by atoms with van der Waals surface area (Å²) in [7, 11) is 1.68. The van der Waals surface area contributed by atoms with E-state index in [1.165, 1.54) is 0 Å². The van der Waals surface area contributed by atoms with E-state index in [0.717, 1.165) is 13.0 Å². The Morgan fingerprint density at radius 2 is 1.75 bits per heavy atom. The van der Waals surface area contributed by atoms with Crippen LogP contribution in [-0.4, -0.2) is 47.3 Å². The molecule has 0 saturated carbocycles. The number of carbonyl (C=O) groups is 1. The Morgan fingerprint density at radius 1 is 1.25 bits per heavy atom. The minimum Gasteiger partial charge on any atom is -0.480 e. The molecule has 16 heavy (non-hydrogen) atoms. The van der Waals surface area contributed by atoms with Crippen LogP contribution < -0.4 is 0 Å². The van der Waals surface area contributed by atoms with E-state index in [1.807, 2.05) is 39.5 Å². The van der Waals surface area contributed by atoms with Gasteiger partial charge in [-0.2, -0.15) is 0 Å². The van der Waals surface area contributed by atoms with Crippen molar-refractivity contribution in [3.63, 3.8) is 0 Å². The Bertz CT molecular complexity index is 231. The van der Waals surface area contributed by atoms with Gasteiger partial charge in [-0.3, -0.25) is 9.69 Å². The van der Waals surface area contributed by atoms with Crippen LogP contribution in [0.1, 0.15) is 41.0 Å². The number of ether oxygens (including phenoxy) is 1. The molecule has 0 rings (SSSR count). The summed E-state index contributed by atoms with van der Waals surface area (Å²) in [5.74, 6) is -0.787. The molecule has 0 heterocycles. The van der Waals surface area contributed by atoms with Gasteiger partial charge in [-0.25, -0.2) is 0 Å². The highest BCUT2D eigenvalue weighted by atomic mass is 16.5. The van der Waals surface area contributed by atoms with E-state index in [9.17, 15) is 4.79 Å². The van der Waals surface area contributed by atoms with Gasteiger partial charge in [-0.05, 0) is 41.0 Å². The molecule has 0 spiro atoms. The van der Waals surface area contributed by atoms with Gasteiger partial charge in [0, 0.05) is 19.2 Å². The average molecular weight is 231 g/mol. The minimum absolute atomic E-state index is 0.0727. The first-order valence-corrected chi connectivity index (χ1v) is 5.60. The monoisotopic (exact) mass is 231 g/mol. The van der Waals surface area contributed by atoms with Crippen LogP contribution in [0.4, 0.5) is 0 Å². The van der Waals surface area contributed by atoms with Gasteiger partial charge in [0.05, 0.1) is 12.1 Å². The van der Waals surface area contributed by atoms with Crippen LogP contribution in [0.2, 0.25) is 0 Å². The second-order valence-corrected chi connectivity index (χ2v) is 5.70. The third-order valence-corrected chi connectivity index (χ3v) is 2.81. The van der Waals surface area contributed by atoms with Gasteiger partial charge in [0.15, 0.2) is 0 Å². The van der Waals surface area contributed by atoms with E-state index in [-0.39, 0.29) is 17.7 Å². The first-order chi connectivity index (χ1) is 7.08. The molecule has 0 radical (unpaired) electrons. The lowest BCUT2D eigenvalue weighted by molar-refractivity contribution is -0.140. The SMILES string of the molecule is COC(C)(C)CCN(CC(=O)O)C(C)(C)C. The van der Waals surface area contributed by atoms with Crippen molar-refractivity contribution < 1.29 is 14.6 Å². The van der Waals surface area contributed by atoms with Crippen LogP contribution in [0.15, 0.2) is 0 Å². The summed E-state index contributed by atoms with van der Waals surface area (Å²) in [6.07, 6.45) is 0.814. The predicted molar refractivity (Wildman–Crippen MR) is 64.7 cm³/mol. The van der Waals surface area contributed by atoms with Crippen molar-refractivity contribution in [2.24, 2.45) is 0 Å². The molecule has 0 atom stereocenters. The van der Waals surface area contributed by atoms with Gasteiger partial charge >= 0.3 is 5.97 Å². The second-order valence-electron chi connectivity index (χ2n) is 5.70. The Kier molecular flexibility index (Phi) is 5.42. The van der Waals surface area contributed by atoms with Crippen molar-refractivity contribution in [2.45, 2.75) is 52.2 Å². The van der Waals surface area contributed by atoms with Crippen molar-refractivity contribution in [1.82, 2.24) is 4.90 Å². The summed E-state index contributed by atoms with van der Waals surface area (Å²) < 4.78 is 5.33. The molecule has 0 aliphatic carbocycles. The molecule has 0 aliphatic rings. The van der Waals surface area contributed by atoms with Gasteiger partial charge < -0.3 is 9.84 Å². The Hall–Kier alpha value is -0.610. The topological polar surface area (TPSA) is 49.8 Å². The molecular formula is C12H25NO3.